The fraction of sp³-hybridized carbons (Fsp3) is 0.636. The van der Waals surface area contributed by atoms with E-state index in [4.69, 9.17) is 15.2 Å². The van der Waals surface area contributed by atoms with Crippen LogP contribution in [0.25, 0.3) is 0 Å². The summed E-state index contributed by atoms with van der Waals surface area (Å²) in [5.41, 5.74) is 6.06. The van der Waals surface area contributed by atoms with E-state index in [1.807, 2.05) is 6.92 Å². The molecular formula is C11H19N3O3. The monoisotopic (exact) mass is 241 g/mol. The SMILES string of the molecule is CCOC(=O)c1nc(C)n(CC(C)OC)c1N. The Kier molecular flexibility index (Phi) is 4.51. The smallest absolute Gasteiger partial charge is 0.360 e. The van der Waals surface area contributed by atoms with Crippen molar-refractivity contribution in [3.8, 4) is 0 Å². The summed E-state index contributed by atoms with van der Waals surface area (Å²) in [6, 6.07) is 0. The van der Waals surface area contributed by atoms with Crippen LogP contribution in [0, 0.1) is 6.92 Å². The number of anilines is 1. The number of nitrogen functional groups attached to an aromatic ring is 1. The van der Waals surface area contributed by atoms with Crippen LogP contribution >= 0.6 is 0 Å². The number of carbonyl (C=O) groups is 1. The second-order valence-corrected chi connectivity index (χ2v) is 3.77. The summed E-state index contributed by atoms with van der Waals surface area (Å²) in [5.74, 6) is 0.510. The molecule has 1 rings (SSSR count). The molecule has 0 amide bonds. The predicted molar refractivity (Wildman–Crippen MR) is 63.8 cm³/mol. The third-order valence-electron chi connectivity index (χ3n) is 2.51. The number of ether oxygens (including phenoxy) is 2. The first kappa shape index (κ1) is 13.5. The number of carbonyl (C=O) groups excluding carboxylic acids is 1. The Hall–Kier alpha value is -1.56. The van der Waals surface area contributed by atoms with Crippen LogP contribution in [0.5, 0.6) is 0 Å². The number of methoxy groups -OCH3 is 1. The molecule has 17 heavy (non-hydrogen) atoms. The second-order valence-electron chi connectivity index (χ2n) is 3.77. The standard InChI is InChI=1S/C11H19N3O3/c1-5-17-11(15)9-10(12)14(8(3)13-9)6-7(2)16-4/h7H,5-6,12H2,1-4H3. The Morgan fingerprint density at radius 3 is 2.76 bits per heavy atom. The summed E-state index contributed by atoms with van der Waals surface area (Å²) in [5, 5.41) is 0. The van der Waals surface area contributed by atoms with Crippen LogP contribution in [0.2, 0.25) is 0 Å². The van der Waals surface area contributed by atoms with Gasteiger partial charge >= 0.3 is 5.97 Å². The molecule has 6 nitrogen and oxygen atoms in total. The number of nitrogens with zero attached hydrogens (tertiary/aromatic N) is 2. The predicted octanol–water partition coefficient (Wildman–Crippen LogP) is 0.985. The van der Waals surface area contributed by atoms with E-state index >= 15 is 0 Å². The van der Waals surface area contributed by atoms with Crippen LogP contribution in [0.15, 0.2) is 0 Å². The zero-order valence-electron chi connectivity index (χ0n) is 10.7. The van der Waals surface area contributed by atoms with Crippen LogP contribution in [-0.4, -0.2) is 35.3 Å². The molecule has 96 valence electrons. The minimum atomic E-state index is -0.489. The molecule has 0 fully saturated rings. The molecule has 1 aromatic heterocycles. The van der Waals surface area contributed by atoms with Gasteiger partial charge in [0.1, 0.15) is 11.6 Å². The first-order valence-corrected chi connectivity index (χ1v) is 5.53. The molecule has 1 atom stereocenters. The maximum absolute atomic E-state index is 11.6. The molecule has 2 N–H and O–H groups in total. The first-order valence-electron chi connectivity index (χ1n) is 5.53. The van der Waals surface area contributed by atoms with Gasteiger partial charge in [0.25, 0.3) is 0 Å². The molecule has 1 heterocycles. The third-order valence-corrected chi connectivity index (χ3v) is 2.51. The molecule has 1 unspecified atom stereocenters. The van der Waals surface area contributed by atoms with E-state index in [9.17, 15) is 4.79 Å². The lowest BCUT2D eigenvalue weighted by atomic mass is 10.4. The zero-order chi connectivity index (χ0) is 13.0. The summed E-state index contributed by atoms with van der Waals surface area (Å²) in [6.07, 6.45) is 0.000227. The Labute approximate surface area is 101 Å². The molecule has 0 aliphatic carbocycles. The van der Waals surface area contributed by atoms with Crippen molar-refractivity contribution in [3.05, 3.63) is 11.5 Å². The van der Waals surface area contributed by atoms with Crippen molar-refractivity contribution >= 4 is 11.8 Å². The molecule has 6 heteroatoms. The first-order chi connectivity index (χ1) is 8.01. The van der Waals surface area contributed by atoms with Crippen molar-refractivity contribution in [2.75, 3.05) is 19.5 Å². The Bertz CT molecular complexity index is 401. The van der Waals surface area contributed by atoms with Gasteiger partial charge in [-0.25, -0.2) is 9.78 Å². The van der Waals surface area contributed by atoms with Crippen LogP contribution < -0.4 is 5.73 Å². The van der Waals surface area contributed by atoms with Crippen molar-refractivity contribution in [2.24, 2.45) is 0 Å². The second kappa shape index (κ2) is 5.67. The van der Waals surface area contributed by atoms with Gasteiger partial charge in [-0.15, -0.1) is 0 Å². The van der Waals surface area contributed by atoms with Crippen molar-refractivity contribution in [3.63, 3.8) is 0 Å². The minimum absolute atomic E-state index is 0.000227. The Morgan fingerprint density at radius 2 is 2.24 bits per heavy atom. The molecule has 0 bridgehead atoms. The van der Waals surface area contributed by atoms with Gasteiger partial charge in [0.05, 0.1) is 19.3 Å². The van der Waals surface area contributed by atoms with Gasteiger partial charge in [-0.2, -0.15) is 0 Å². The number of hydrogen-bond acceptors (Lipinski definition) is 5. The van der Waals surface area contributed by atoms with Crippen molar-refractivity contribution in [2.45, 2.75) is 33.4 Å². The van der Waals surface area contributed by atoms with Gasteiger partial charge in [0, 0.05) is 7.11 Å². The molecule has 0 aliphatic rings. The van der Waals surface area contributed by atoms with Crippen molar-refractivity contribution < 1.29 is 14.3 Å². The molecule has 0 saturated carbocycles. The molecule has 0 aromatic carbocycles. The summed E-state index contributed by atoms with van der Waals surface area (Å²) in [4.78, 5) is 15.7. The summed E-state index contributed by atoms with van der Waals surface area (Å²) >= 11 is 0. The lowest BCUT2D eigenvalue weighted by molar-refractivity contribution is 0.0521. The van der Waals surface area contributed by atoms with Gasteiger partial charge in [-0.05, 0) is 20.8 Å². The highest BCUT2D eigenvalue weighted by molar-refractivity contribution is 5.92. The van der Waals surface area contributed by atoms with Crippen LogP contribution in [0.1, 0.15) is 30.2 Å². The number of hydrogen-bond donors (Lipinski definition) is 1. The average molecular weight is 241 g/mol. The summed E-state index contributed by atoms with van der Waals surface area (Å²) < 4.78 is 11.8. The number of imidazole rings is 1. The Balaban J connectivity index is 2.97. The van der Waals surface area contributed by atoms with Crippen molar-refractivity contribution in [1.29, 1.82) is 0 Å². The lowest BCUT2D eigenvalue weighted by Crippen LogP contribution is -2.18. The summed E-state index contributed by atoms with van der Waals surface area (Å²) in [6.45, 7) is 6.31. The van der Waals surface area contributed by atoms with Crippen LogP contribution in [0.4, 0.5) is 5.82 Å². The maximum Gasteiger partial charge on any atom is 0.360 e. The van der Waals surface area contributed by atoms with Crippen molar-refractivity contribution in [1.82, 2.24) is 9.55 Å². The molecular weight excluding hydrogens is 222 g/mol. The summed E-state index contributed by atoms with van der Waals surface area (Å²) in [7, 11) is 1.62. The molecule has 0 spiro atoms. The fourth-order valence-electron chi connectivity index (χ4n) is 1.49. The van der Waals surface area contributed by atoms with E-state index in [1.165, 1.54) is 0 Å². The van der Waals surface area contributed by atoms with Gasteiger partial charge in [-0.1, -0.05) is 0 Å². The van der Waals surface area contributed by atoms with E-state index in [0.717, 1.165) is 0 Å². The normalized spacial score (nSPS) is 12.5. The quantitative estimate of drug-likeness (QED) is 0.777. The topological polar surface area (TPSA) is 79.4 Å². The van der Waals surface area contributed by atoms with E-state index in [0.29, 0.717) is 24.8 Å². The number of nitrogens with two attached hydrogens (primary N) is 1. The number of aryl methyl sites for hydroxylation is 1. The van der Waals surface area contributed by atoms with E-state index in [2.05, 4.69) is 4.98 Å². The van der Waals surface area contributed by atoms with Gasteiger partial charge in [-0.3, -0.25) is 0 Å². The average Bonchev–Trinajstić information content (AvgIpc) is 2.57. The maximum atomic E-state index is 11.6. The third kappa shape index (κ3) is 2.97. The fourth-order valence-corrected chi connectivity index (χ4v) is 1.49. The highest BCUT2D eigenvalue weighted by atomic mass is 16.5. The van der Waals surface area contributed by atoms with E-state index in [1.54, 1.807) is 25.5 Å². The van der Waals surface area contributed by atoms with Gasteiger partial charge < -0.3 is 19.8 Å². The number of aromatic nitrogens is 2. The highest BCUT2D eigenvalue weighted by Crippen LogP contribution is 2.16. The molecule has 0 aliphatic heterocycles. The molecule has 0 saturated heterocycles. The van der Waals surface area contributed by atoms with Crippen LogP contribution in [0.3, 0.4) is 0 Å². The highest BCUT2D eigenvalue weighted by Gasteiger charge is 2.20. The number of rotatable bonds is 5. The van der Waals surface area contributed by atoms with E-state index < -0.39 is 5.97 Å². The largest absolute Gasteiger partial charge is 0.461 e. The molecule has 0 radical (unpaired) electrons. The molecule has 1 aromatic rings. The van der Waals surface area contributed by atoms with Crippen LogP contribution in [-0.2, 0) is 16.0 Å². The van der Waals surface area contributed by atoms with Gasteiger partial charge in [0.2, 0.25) is 0 Å². The lowest BCUT2D eigenvalue weighted by Gasteiger charge is -2.13. The van der Waals surface area contributed by atoms with E-state index in [-0.39, 0.29) is 11.8 Å². The zero-order valence-corrected chi connectivity index (χ0v) is 10.7. The van der Waals surface area contributed by atoms with Gasteiger partial charge in [0.15, 0.2) is 5.69 Å². The minimum Gasteiger partial charge on any atom is -0.461 e. The Morgan fingerprint density at radius 1 is 1.59 bits per heavy atom. The number of esters is 1.